The van der Waals surface area contributed by atoms with Crippen LogP contribution in [-0.2, 0) is 11.2 Å². The van der Waals surface area contributed by atoms with Crippen molar-refractivity contribution in [1.82, 2.24) is 9.38 Å². The van der Waals surface area contributed by atoms with Crippen molar-refractivity contribution in [2.75, 3.05) is 0 Å². The van der Waals surface area contributed by atoms with Crippen LogP contribution in [0.3, 0.4) is 0 Å². The molecule has 0 radical (unpaired) electrons. The molecule has 0 aliphatic heterocycles. The van der Waals surface area contributed by atoms with Crippen molar-refractivity contribution in [2.24, 2.45) is 0 Å². The third-order valence-corrected chi connectivity index (χ3v) is 2.64. The Morgan fingerprint density at radius 2 is 2.11 bits per heavy atom. The molecule has 2 heterocycles. The summed E-state index contributed by atoms with van der Waals surface area (Å²) in [7, 11) is 0. The van der Waals surface area contributed by atoms with Gasteiger partial charge in [-0.3, -0.25) is 4.79 Å². The molecule has 2 aromatic rings. The van der Waals surface area contributed by atoms with Gasteiger partial charge < -0.3 is 14.6 Å². The minimum absolute atomic E-state index is 0.0425. The van der Waals surface area contributed by atoms with E-state index in [1.165, 1.54) is 0 Å². The van der Waals surface area contributed by atoms with Crippen molar-refractivity contribution < 1.29 is 19.8 Å². The lowest BCUT2D eigenvalue weighted by Gasteiger charge is -2.00. The molecule has 0 unspecified atom stereocenters. The number of carboxylic acids is 2. The van der Waals surface area contributed by atoms with Crippen LogP contribution in [0, 0.1) is 6.92 Å². The van der Waals surface area contributed by atoms with E-state index in [-0.39, 0.29) is 18.5 Å². The average molecular weight is 248 g/mol. The Bertz CT molecular complexity index is 630. The number of hydrogen-bond donors (Lipinski definition) is 2. The predicted molar refractivity (Wildman–Crippen MR) is 62.8 cm³/mol. The molecule has 0 fully saturated rings. The molecule has 6 nitrogen and oxygen atoms in total. The largest absolute Gasteiger partial charge is 0.481 e. The monoisotopic (exact) mass is 248 g/mol. The van der Waals surface area contributed by atoms with E-state index in [1.807, 2.05) is 13.0 Å². The van der Waals surface area contributed by atoms with Crippen molar-refractivity contribution in [3.05, 3.63) is 35.4 Å². The van der Waals surface area contributed by atoms with Gasteiger partial charge in [-0.1, -0.05) is 0 Å². The molecule has 0 aromatic carbocycles. The number of fused-ring (bicyclic) bond motifs is 1. The lowest BCUT2D eigenvalue weighted by Crippen LogP contribution is -2.01. The van der Waals surface area contributed by atoms with Gasteiger partial charge in [-0.2, -0.15) is 0 Å². The minimum atomic E-state index is -1.11. The van der Waals surface area contributed by atoms with E-state index in [9.17, 15) is 9.59 Å². The Labute approximate surface area is 103 Å². The van der Waals surface area contributed by atoms with Gasteiger partial charge in [0.15, 0.2) is 5.69 Å². The van der Waals surface area contributed by atoms with Crippen molar-refractivity contribution in [1.29, 1.82) is 0 Å². The van der Waals surface area contributed by atoms with Gasteiger partial charge in [0.2, 0.25) is 0 Å². The van der Waals surface area contributed by atoms with Gasteiger partial charge in [-0.05, 0) is 24.6 Å². The molecule has 0 aliphatic rings. The first kappa shape index (κ1) is 12.1. The summed E-state index contributed by atoms with van der Waals surface area (Å²) in [5, 5.41) is 17.7. The van der Waals surface area contributed by atoms with Crippen LogP contribution in [-0.4, -0.2) is 31.5 Å². The van der Waals surface area contributed by atoms with E-state index in [4.69, 9.17) is 10.2 Å². The number of hydrogen-bond acceptors (Lipinski definition) is 3. The van der Waals surface area contributed by atoms with Crippen LogP contribution in [0.25, 0.3) is 5.52 Å². The Hall–Kier alpha value is -2.37. The molecule has 0 amide bonds. The van der Waals surface area contributed by atoms with Crippen LogP contribution in [0.4, 0.5) is 0 Å². The lowest BCUT2D eigenvalue weighted by atomic mass is 10.2. The van der Waals surface area contributed by atoms with E-state index in [0.29, 0.717) is 11.3 Å². The second kappa shape index (κ2) is 4.48. The van der Waals surface area contributed by atoms with Gasteiger partial charge in [0.1, 0.15) is 5.82 Å². The van der Waals surface area contributed by atoms with Crippen LogP contribution in [0.5, 0.6) is 0 Å². The maximum atomic E-state index is 11.1. The normalized spacial score (nSPS) is 10.7. The lowest BCUT2D eigenvalue weighted by molar-refractivity contribution is -0.137. The van der Waals surface area contributed by atoms with Gasteiger partial charge in [0.05, 0.1) is 11.9 Å². The maximum Gasteiger partial charge on any atom is 0.356 e. The smallest absolute Gasteiger partial charge is 0.356 e. The maximum absolute atomic E-state index is 11.1. The number of aryl methyl sites for hydroxylation is 2. The van der Waals surface area contributed by atoms with Crippen molar-refractivity contribution >= 4 is 17.5 Å². The number of aromatic nitrogens is 2. The van der Waals surface area contributed by atoms with Gasteiger partial charge in [-0.15, -0.1) is 0 Å². The zero-order chi connectivity index (χ0) is 13.3. The molecule has 18 heavy (non-hydrogen) atoms. The number of imidazole rings is 1. The first-order chi connectivity index (χ1) is 8.49. The van der Waals surface area contributed by atoms with Crippen molar-refractivity contribution in [2.45, 2.75) is 19.8 Å². The van der Waals surface area contributed by atoms with Gasteiger partial charge in [-0.25, -0.2) is 9.78 Å². The fourth-order valence-electron chi connectivity index (χ4n) is 1.81. The SMILES string of the molecule is Cc1ccn2c(CCC(=O)O)nc(C(=O)O)c2c1. The summed E-state index contributed by atoms with van der Waals surface area (Å²) < 4.78 is 1.62. The molecular formula is C12H12N2O4. The van der Waals surface area contributed by atoms with Crippen molar-refractivity contribution in [3.8, 4) is 0 Å². The minimum Gasteiger partial charge on any atom is -0.481 e. The third kappa shape index (κ3) is 2.17. The quantitative estimate of drug-likeness (QED) is 0.852. The molecule has 94 valence electrons. The number of aromatic carboxylic acids is 1. The Balaban J connectivity index is 2.54. The molecule has 2 rings (SSSR count). The Morgan fingerprint density at radius 3 is 2.72 bits per heavy atom. The standard InChI is InChI=1S/C12H12N2O4/c1-7-4-5-14-8(6-7)11(12(17)18)13-9(14)2-3-10(15)16/h4-6H,2-3H2,1H3,(H,15,16)(H,17,18). The number of aliphatic carboxylic acids is 1. The van der Waals surface area contributed by atoms with Crippen LogP contribution in [0.15, 0.2) is 18.3 Å². The second-order valence-corrected chi connectivity index (χ2v) is 4.03. The fraction of sp³-hybridized carbons (Fsp3) is 0.250. The Kier molecular flexibility index (Phi) is 3.01. The van der Waals surface area contributed by atoms with E-state index in [2.05, 4.69) is 4.98 Å². The number of pyridine rings is 1. The summed E-state index contributed by atoms with van der Waals surface area (Å²) >= 11 is 0. The molecule has 0 saturated carbocycles. The summed E-state index contributed by atoms with van der Waals surface area (Å²) in [5.41, 5.74) is 1.37. The summed E-state index contributed by atoms with van der Waals surface area (Å²) in [5.74, 6) is -1.60. The zero-order valence-electron chi connectivity index (χ0n) is 9.75. The van der Waals surface area contributed by atoms with E-state index >= 15 is 0 Å². The molecule has 0 saturated heterocycles. The fourth-order valence-corrected chi connectivity index (χ4v) is 1.81. The predicted octanol–water partition coefficient (Wildman–Crippen LogP) is 1.36. The molecular weight excluding hydrogens is 236 g/mol. The summed E-state index contributed by atoms with van der Waals surface area (Å²) in [6.07, 6.45) is 1.83. The highest BCUT2D eigenvalue weighted by Gasteiger charge is 2.17. The van der Waals surface area contributed by atoms with Crippen LogP contribution in [0.2, 0.25) is 0 Å². The van der Waals surface area contributed by atoms with E-state index in [1.54, 1.807) is 16.7 Å². The van der Waals surface area contributed by atoms with Crippen LogP contribution in [0.1, 0.15) is 28.3 Å². The highest BCUT2D eigenvalue weighted by molar-refractivity contribution is 5.93. The first-order valence-corrected chi connectivity index (χ1v) is 5.41. The summed E-state index contributed by atoms with van der Waals surface area (Å²) in [6, 6.07) is 3.55. The van der Waals surface area contributed by atoms with Gasteiger partial charge in [0.25, 0.3) is 0 Å². The molecule has 2 N–H and O–H groups in total. The number of rotatable bonds is 4. The highest BCUT2D eigenvalue weighted by atomic mass is 16.4. The van der Waals surface area contributed by atoms with Crippen molar-refractivity contribution in [3.63, 3.8) is 0 Å². The van der Waals surface area contributed by atoms with Crippen LogP contribution >= 0.6 is 0 Å². The highest BCUT2D eigenvalue weighted by Crippen LogP contribution is 2.16. The number of carboxylic acid groups (broad SMARTS) is 2. The molecule has 0 spiro atoms. The topological polar surface area (TPSA) is 91.9 Å². The third-order valence-electron chi connectivity index (χ3n) is 2.64. The second-order valence-electron chi connectivity index (χ2n) is 4.03. The molecule has 0 atom stereocenters. The molecule has 6 heteroatoms. The van der Waals surface area contributed by atoms with Crippen LogP contribution < -0.4 is 0 Å². The van der Waals surface area contributed by atoms with Gasteiger partial charge in [0, 0.05) is 12.6 Å². The summed E-state index contributed by atoms with van der Waals surface area (Å²) in [6.45, 7) is 1.86. The van der Waals surface area contributed by atoms with E-state index < -0.39 is 11.9 Å². The molecule has 2 aromatic heterocycles. The average Bonchev–Trinajstić information content (AvgIpc) is 2.64. The zero-order valence-corrected chi connectivity index (χ0v) is 9.75. The Morgan fingerprint density at radius 1 is 1.39 bits per heavy atom. The number of nitrogens with zero attached hydrogens (tertiary/aromatic N) is 2. The van der Waals surface area contributed by atoms with E-state index in [0.717, 1.165) is 5.56 Å². The molecule has 0 aliphatic carbocycles. The number of carbonyl (C=O) groups is 2. The van der Waals surface area contributed by atoms with Gasteiger partial charge >= 0.3 is 11.9 Å². The first-order valence-electron chi connectivity index (χ1n) is 5.41. The molecule has 0 bridgehead atoms. The summed E-state index contributed by atoms with van der Waals surface area (Å²) in [4.78, 5) is 25.6.